The third kappa shape index (κ3) is 4.12. The van der Waals surface area contributed by atoms with Crippen LogP contribution < -0.4 is 10.2 Å². The highest BCUT2D eigenvalue weighted by Crippen LogP contribution is 2.09. The van der Waals surface area contributed by atoms with Gasteiger partial charge >= 0.3 is 0 Å². The predicted molar refractivity (Wildman–Crippen MR) is 73.1 cm³/mol. The molecule has 0 saturated carbocycles. The van der Waals surface area contributed by atoms with Crippen molar-refractivity contribution in [2.45, 2.75) is 25.9 Å². The third-order valence-corrected chi connectivity index (χ3v) is 3.29. The summed E-state index contributed by atoms with van der Waals surface area (Å²) in [5.74, 6) is 0.765. The molecule has 0 radical (unpaired) electrons. The van der Waals surface area contributed by atoms with E-state index in [0.29, 0.717) is 6.54 Å². The van der Waals surface area contributed by atoms with E-state index in [0.717, 1.165) is 44.2 Å². The second kappa shape index (κ2) is 7.37. The number of nitrogens with zero attached hydrogens (tertiary/aromatic N) is 3. The molecular weight excluding hydrogens is 244 g/mol. The number of hydrogen-bond acceptors (Lipinski definition) is 6. The number of aliphatic hydroxyl groups is 1. The molecular formula is C13H22N4O2. The molecule has 6 heteroatoms. The SMILES string of the molecule is CC[C@H](CO)NCc1cnc(N2CCOCC2)nc1. The standard InChI is InChI=1S/C13H22N4O2/c1-2-12(10-18)14-7-11-8-15-13(16-9-11)17-3-5-19-6-4-17/h8-9,12,14,18H,2-7,10H2,1H3/t12-/m1/s1. The lowest BCUT2D eigenvalue weighted by molar-refractivity contribution is 0.122. The molecule has 0 spiro atoms. The van der Waals surface area contributed by atoms with Crippen LogP contribution in [0.2, 0.25) is 0 Å². The van der Waals surface area contributed by atoms with Gasteiger partial charge in [0.05, 0.1) is 19.8 Å². The first-order valence-electron chi connectivity index (χ1n) is 6.81. The average molecular weight is 266 g/mol. The van der Waals surface area contributed by atoms with Crippen LogP contribution in [0, 0.1) is 0 Å². The van der Waals surface area contributed by atoms with E-state index in [9.17, 15) is 0 Å². The summed E-state index contributed by atoms with van der Waals surface area (Å²) >= 11 is 0. The highest BCUT2D eigenvalue weighted by atomic mass is 16.5. The van der Waals surface area contributed by atoms with E-state index in [2.05, 4.69) is 20.2 Å². The third-order valence-electron chi connectivity index (χ3n) is 3.29. The molecule has 0 unspecified atom stereocenters. The molecule has 1 saturated heterocycles. The summed E-state index contributed by atoms with van der Waals surface area (Å²) in [5.41, 5.74) is 1.03. The van der Waals surface area contributed by atoms with Gasteiger partial charge in [0.2, 0.25) is 5.95 Å². The van der Waals surface area contributed by atoms with Crippen LogP contribution in [-0.2, 0) is 11.3 Å². The second-order valence-corrected chi connectivity index (χ2v) is 4.66. The maximum Gasteiger partial charge on any atom is 0.225 e. The minimum atomic E-state index is 0.138. The molecule has 1 aliphatic heterocycles. The fourth-order valence-electron chi connectivity index (χ4n) is 1.97. The first kappa shape index (κ1) is 14.2. The number of nitrogens with one attached hydrogen (secondary N) is 1. The van der Waals surface area contributed by atoms with E-state index in [4.69, 9.17) is 9.84 Å². The van der Waals surface area contributed by atoms with Crippen molar-refractivity contribution in [1.82, 2.24) is 15.3 Å². The minimum Gasteiger partial charge on any atom is -0.395 e. The molecule has 106 valence electrons. The molecule has 19 heavy (non-hydrogen) atoms. The molecule has 1 fully saturated rings. The highest BCUT2D eigenvalue weighted by Gasteiger charge is 2.13. The van der Waals surface area contributed by atoms with E-state index < -0.39 is 0 Å². The Labute approximate surface area is 113 Å². The normalized spacial score (nSPS) is 17.5. The summed E-state index contributed by atoms with van der Waals surface area (Å²) in [6.07, 6.45) is 4.59. The topological polar surface area (TPSA) is 70.5 Å². The van der Waals surface area contributed by atoms with Crippen LogP contribution in [-0.4, -0.2) is 54.0 Å². The van der Waals surface area contributed by atoms with E-state index in [1.54, 1.807) is 0 Å². The minimum absolute atomic E-state index is 0.138. The maximum atomic E-state index is 9.11. The smallest absolute Gasteiger partial charge is 0.225 e. The molecule has 0 aromatic carbocycles. The second-order valence-electron chi connectivity index (χ2n) is 4.66. The number of ether oxygens (including phenoxy) is 1. The van der Waals surface area contributed by atoms with Gasteiger partial charge in [-0.25, -0.2) is 9.97 Å². The van der Waals surface area contributed by atoms with Crippen LogP contribution in [0.5, 0.6) is 0 Å². The molecule has 6 nitrogen and oxygen atoms in total. The number of aliphatic hydroxyl groups excluding tert-OH is 1. The molecule has 1 atom stereocenters. The molecule has 1 aromatic heterocycles. The lowest BCUT2D eigenvalue weighted by Gasteiger charge is -2.26. The lowest BCUT2D eigenvalue weighted by Crippen LogP contribution is -2.37. The van der Waals surface area contributed by atoms with Gasteiger partial charge in [-0.2, -0.15) is 0 Å². The molecule has 1 aliphatic rings. The van der Waals surface area contributed by atoms with Gasteiger partial charge in [0.25, 0.3) is 0 Å². The number of morpholine rings is 1. The van der Waals surface area contributed by atoms with Gasteiger partial charge in [0, 0.05) is 43.6 Å². The number of aromatic nitrogens is 2. The van der Waals surface area contributed by atoms with Gasteiger partial charge in [0.1, 0.15) is 0 Å². The van der Waals surface area contributed by atoms with Crippen LogP contribution >= 0.6 is 0 Å². The van der Waals surface area contributed by atoms with Gasteiger partial charge < -0.3 is 20.1 Å². The van der Waals surface area contributed by atoms with Crippen molar-refractivity contribution in [3.05, 3.63) is 18.0 Å². The Morgan fingerprint density at radius 1 is 1.37 bits per heavy atom. The molecule has 2 N–H and O–H groups in total. The van der Waals surface area contributed by atoms with E-state index in [1.807, 2.05) is 19.3 Å². The van der Waals surface area contributed by atoms with Gasteiger partial charge in [0.15, 0.2) is 0 Å². The van der Waals surface area contributed by atoms with Gasteiger partial charge in [-0.3, -0.25) is 0 Å². The summed E-state index contributed by atoms with van der Waals surface area (Å²) in [6.45, 7) is 6.06. The average Bonchev–Trinajstić information content (AvgIpc) is 2.50. The highest BCUT2D eigenvalue weighted by molar-refractivity contribution is 5.30. The van der Waals surface area contributed by atoms with Crippen molar-refractivity contribution in [2.75, 3.05) is 37.8 Å². The van der Waals surface area contributed by atoms with E-state index >= 15 is 0 Å². The van der Waals surface area contributed by atoms with Crippen molar-refractivity contribution < 1.29 is 9.84 Å². The Kier molecular flexibility index (Phi) is 5.50. The Morgan fingerprint density at radius 2 is 2.05 bits per heavy atom. The fourth-order valence-corrected chi connectivity index (χ4v) is 1.97. The summed E-state index contributed by atoms with van der Waals surface area (Å²) in [5, 5.41) is 12.4. The summed E-state index contributed by atoms with van der Waals surface area (Å²) < 4.78 is 5.30. The Bertz CT molecular complexity index is 361. The molecule has 2 rings (SSSR count). The van der Waals surface area contributed by atoms with Crippen LogP contribution in [0.1, 0.15) is 18.9 Å². The zero-order valence-corrected chi connectivity index (χ0v) is 11.4. The van der Waals surface area contributed by atoms with Crippen molar-refractivity contribution in [1.29, 1.82) is 0 Å². The largest absolute Gasteiger partial charge is 0.395 e. The number of rotatable bonds is 6. The zero-order chi connectivity index (χ0) is 13.5. The maximum absolute atomic E-state index is 9.11. The van der Waals surface area contributed by atoms with Crippen molar-refractivity contribution >= 4 is 5.95 Å². The fraction of sp³-hybridized carbons (Fsp3) is 0.692. The lowest BCUT2D eigenvalue weighted by atomic mass is 10.2. The Morgan fingerprint density at radius 3 is 2.63 bits per heavy atom. The molecule has 0 amide bonds. The first-order chi connectivity index (χ1) is 9.33. The van der Waals surface area contributed by atoms with Gasteiger partial charge in [-0.1, -0.05) is 6.92 Å². The van der Waals surface area contributed by atoms with Crippen LogP contribution in [0.3, 0.4) is 0 Å². The van der Waals surface area contributed by atoms with Gasteiger partial charge in [-0.15, -0.1) is 0 Å². The van der Waals surface area contributed by atoms with E-state index in [-0.39, 0.29) is 12.6 Å². The van der Waals surface area contributed by atoms with Crippen LogP contribution in [0.25, 0.3) is 0 Å². The van der Waals surface area contributed by atoms with Gasteiger partial charge in [-0.05, 0) is 6.42 Å². The van der Waals surface area contributed by atoms with Crippen molar-refractivity contribution in [3.8, 4) is 0 Å². The Balaban J connectivity index is 1.87. The van der Waals surface area contributed by atoms with Crippen molar-refractivity contribution in [3.63, 3.8) is 0 Å². The van der Waals surface area contributed by atoms with Crippen LogP contribution in [0.4, 0.5) is 5.95 Å². The summed E-state index contributed by atoms with van der Waals surface area (Å²) in [6, 6.07) is 0.138. The first-order valence-corrected chi connectivity index (χ1v) is 6.81. The quantitative estimate of drug-likeness (QED) is 0.765. The van der Waals surface area contributed by atoms with Crippen molar-refractivity contribution in [2.24, 2.45) is 0 Å². The molecule has 0 bridgehead atoms. The molecule has 1 aromatic rings. The Hall–Kier alpha value is -1.24. The van der Waals surface area contributed by atoms with Crippen LogP contribution in [0.15, 0.2) is 12.4 Å². The number of anilines is 1. The summed E-state index contributed by atoms with van der Waals surface area (Å²) in [4.78, 5) is 10.9. The monoisotopic (exact) mass is 266 g/mol. The number of hydrogen-bond donors (Lipinski definition) is 2. The molecule has 2 heterocycles. The summed E-state index contributed by atoms with van der Waals surface area (Å²) in [7, 11) is 0. The predicted octanol–water partition coefficient (Wildman–Crippen LogP) is 0.174. The molecule has 0 aliphatic carbocycles. The van der Waals surface area contributed by atoms with E-state index in [1.165, 1.54) is 0 Å². The zero-order valence-electron chi connectivity index (χ0n) is 11.4.